The summed E-state index contributed by atoms with van der Waals surface area (Å²) in [6, 6.07) is 3.59. The molecular formula is C17H21N5O2. The van der Waals surface area contributed by atoms with Crippen molar-refractivity contribution in [2.75, 3.05) is 23.3 Å². The molecule has 3 heterocycles. The van der Waals surface area contributed by atoms with Crippen molar-refractivity contribution in [2.45, 2.75) is 26.7 Å². The highest BCUT2D eigenvalue weighted by molar-refractivity contribution is 6.06. The van der Waals surface area contributed by atoms with Crippen molar-refractivity contribution < 1.29 is 4.79 Å². The molecule has 0 radical (unpaired) electrons. The Morgan fingerprint density at radius 2 is 1.96 bits per heavy atom. The Kier molecular flexibility index (Phi) is 4.33. The zero-order valence-corrected chi connectivity index (χ0v) is 14.2. The summed E-state index contributed by atoms with van der Waals surface area (Å²) >= 11 is 0. The number of hydrogen-bond donors (Lipinski definition) is 1. The standard InChI is InChI=1S/C17H21N5O2/c1-11-12(2)20-21(3)17(24)14(11)16(23)19-13-7-6-8-18-15(13)22-9-4-5-10-22/h6-8H,4-5,9-10H2,1-3H3,(H,19,23). The van der Waals surface area contributed by atoms with Crippen LogP contribution in [0.3, 0.4) is 0 Å². The van der Waals surface area contributed by atoms with Gasteiger partial charge in [0.15, 0.2) is 5.82 Å². The number of carbonyl (C=O) groups excluding carboxylic acids is 1. The van der Waals surface area contributed by atoms with Crippen molar-refractivity contribution in [3.05, 3.63) is 45.5 Å². The average Bonchev–Trinajstić information content (AvgIpc) is 3.08. The molecule has 0 unspecified atom stereocenters. The van der Waals surface area contributed by atoms with Crippen LogP contribution in [-0.2, 0) is 7.05 Å². The number of nitrogens with one attached hydrogen (secondary N) is 1. The van der Waals surface area contributed by atoms with Crippen molar-refractivity contribution in [1.29, 1.82) is 0 Å². The van der Waals surface area contributed by atoms with Crippen LogP contribution in [0.2, 0.25) is 0 Å². The molecule has 2 aromatic heterocycles. The number of nitrogens with zero attached hydrogens (tertiary/aromatic N) is 4. The lowest BCUT2D eigenvalue weighted by molar-refractivity contribution is 0.102. The topological polar surface area (TPSA) is 80.1 Å². The molecule has 2 aromatic rings. The first kappa shape index (κ1) is 16.2. The molecular weight excluding hydrogens is 306 g/mol. The summed E-state index contributed by atoms with van der Waals surface area (Å²) in [5.41, 5.74) is 1.61. The Morgan fingerprint density at radius 1 is 1.25 bits per heavy atom. The molecule has 126 valence electrons. The predicted octanol–water partition coefficient (Wildman–Crippen LogP) is 1.64. The van der Waals surface area contributed by atoms with Crippen LogP contribution in [0.5, 0.6) is 0 Å². The van der Waals surface area contributed by atoms with Crippen LogP contribution in [0.1, 0.15) is 34.5 Å². The van der Waals surface area contributed by atoms with Gasteiger partial charge in [0.05, 0.1) is 11.4 Å². The molecule has 1 amide bonds. The lowest BCUT2D eigenvalue weighted by Crippen LogP contribution is -2.32. The van der Waals surface area contributed by atoms with Crippen LogP contribution in [0.25, 0.3) is 0 Å². The third kappa shape index (κ3) is 2.89. The molecule has 0 aromatic carbocycles. The number of rotatable bonds is 3. The van der Waals surface area contributed by atoms with Crippen molar-refractivity contribution in [3.63, 3.8) is 0 Å². The van der Waals surface area contributed by atoms with Gasteiger partial charge in [-0.2, -0.15) is 5.10 Å². The summed E-state index contributed by atoms with van der Waals surface area (Å²) in [5.74, 6) is 0.329. The number of hydrogen-bond acceptors (Lipinski definition) is 5. The maximum atomic E-state index is 12.7. The third-order valence-corrected chi connectivity index (χ3v) is 4.39. The van der Waals surface area contributed by atoms with E-state index in [0.717, 1.165) is 31.7 Å². The van der Waals surface area contributed by atoms with E-state index >= 15 is 0 Å². The van der Waals surface area contributed by atoms with Crippen molar-refractivity contribution >= 4 is 17.4 Å². The van der Waals surface area contributed by atoms with Crippen LogP contribution in [-0.4, -0.2) is 33.8 Å². The van der Waals surface area contributed by atoms with Gasteiger partial charge in [-0.1, -0.05) is 0 Å². The molecule has 0 saturated carbocycles. The minimum absolute atomic E-state index is 0.126. The molecule has 1 aliphatic heterocycles. The highest BCUT2D eigenvalue weighted by Crippen LogP contribution is 2.26. The molecule has 7 heteroatoms. The Morgan fingerprint density at radius 3 is 2.67 bits per heavy atom. The van der Waals surface area contributed by atoms with Gasteiger partial charge in [0.2, 0.25) is 0 Å². The first-order chi connectivity index (χ1) is 11.5. The number of pyridine rings is 1. The average molecular weight is 327 g/mol. The second-order valence-electron chi connectivity index (χ2n) is 6.04. The Bertz CT molecular complexity index is 837. The monoisotopic (exact) mass is 327 g/mol. The zero-order chi connectivity index (χ0) is 17.3. The van der Waals surface area contributed by atoms with E-state index in [2.05, 4.69) is 20.3 Å². The van der Waals surface area contributed by atoms with Gasteiger partial charge in [0.1, 0.15) is 5.56 Å². The number of amides is 1. The van der Waals surface area contributed by atoms with Crippen molar-refractivity contribution in [2.24, 2.45) is 7.05 Å². The summed E-state index contributed by atoms with van der Waals surface area (Å²) in [5, 5.41) is 6.96. The van der Waals surface area contributed by atoms with E-state index in [-0.39, 0.29) is 5.56 Å². The van der Waals surface area contributed by atoms with E-state index in [4.69, 9.17) is 0 Å². The summed E-state index contributed by atoms with van der Waals surface area (Å²) in [6.45, 7) is 5.37. The Balaban J connectivity index is 1.96. The molecule has 0 bridgehead atoms. The van der Waals surface area contributed by atoms with Crippen LogP contribution in [0, 0.1) is 13.8 Å². The smallest absolute Gasteiger partial charge is 0.279 e. The molecule has 1 N–H and O–H groups in total. The first-order valence-electron chi connectivity index (χ1n) is 8.05. The number of aromatic nitrogens is 3. The fraction of sp³-hybridized carbons (Fsp3) is 0.412. The van der Waals surface area contributed by atoms with Gasteiger partial charge in [-0.25, -0.2) is 9.67 Å². The van der Waals surface area contributed by atoms with Gasteiger partial charge in [-0.3, -0.25) is 9.59 Å². The highest BCUT2D eigenvalue weighted by Gasteiger charge is 2.21. The summed E-state index contributed by atoms with van der Waals surface area (Å²) in [6.07, 6.45) is 3.95. The summed E-state index contributed by atoms with van der Waals surface area (Å²) in [7, 11) is 1.55. The van der Waals surface area contributed by atoms with E-state index in [0.29, 0.717) is 16.9 Å². The van der Waals surface area contributed by atoms with E-state index in [1.165, 1.54) is 4.68 Å². The Labute approximate surface area is 140 Å². The molecule has 1 fully saturated rings. The molecule has 0 aliphatic carbocycles. The fourth-order valence-corrected chi connectivity index (χ4v) is 2.98. The van der Waals surface area contributed by atoms with Crippen LogP contribution in [0.4, 0.5) is 11.5 Å². The van der Waals surface area contributed by atoms with Gasteiger partial charge in [0, 0.05) is 26.3 Å². The third-order valence-electron chi connectivity index (χ3n) is 4.39. The number of aryl methyl sites for hydroxylation is 2. The first-order valence-corrected chi connectivity index (χ1v) is 8.05. The second-order valence-corrected chi connectivity index (χ2v) is 6.04. The Hall–Kier alpha value is -2.70. The number of anilines is 2. The molecule has 3 rings (SSSR count). The summed E-state index contributed by atoms with van der Waals surface area (Å²) in [4.78, 5) is 31.6. The molecule has 0 atom stereocenters. The molecule has 1 saturated heterocycles. The van der Waals surface area contributed by atoms with Gasteiger partial charge in [-0.05, 0) is 44.4 Å². The fourth-order valence-electron chi connectivity index (χ4n) is 2.98. The normalized spacial score (nSPS) is 14.0. The van der Waals surface area contributed by atoms with E-state index in [1.54, 1.807) is 33.2 Å². The predicted molar refractivity (Wildman–Crippen MR) is 92.6 cm³/mol. The second kappa shape index (κ2) is 6.43. The highest BCUT2D eigenvalue weighted by atomic mass is 16.2. The quantitative estimate of drug-likeness (QED) is 0.927. The van der Waals surface area contributed by atoms with Gasteiger partial charge >= 0.3 is 0 Å². The van der Waals surface area contributed by atoms with Crippen LogP contribution >= 0.6 is 0 Å². The lowest BCUT2D eigenvalue weighted by atomic mass is 10.1. The minimum atomic E-state index is -0.424. The van der Waals surface area contributed by atoms with E-state index in [1.807, 2.05) is 6.07 Å². The van der Waals surface area contributed by atoms with Crippen LogP contribution < -0.4 is 15.8 Å². The minimum Gasteiger partial charge on any atom is -0.355 e. The lowest BCUT2D eigenvalue weighted by Gasteiger charge is -2.20. The molecule has 0 spiro atoms. The maximum absolute atomic E-state index is 12.7. The largest absolute Gasteiger partial charge is 0.355 e. The number of carbonyl (C=O) groups is 1. The van der Waals surface area contributed by atoms with Crippen molar-refractivity contribution in [1.82, 2.24) is 14.8 Å². The molecule has 1 aliphatic rings. The molecule has 24 heavy (non-hydrogen) atoms. The summed E-state index contributed by atoms with van der Waals surface area (Å²) < 4.78 is 1.20. The van der Waals surface area contributed by atoms with Gasteiger partial charge in [-0.15, -0.1) is 0 Å². The molecule has 7 nitrogen and oxygen atoms in total. The van der Waals surface area contributed by atoms with E-state index in [9.17, 15) is 9.59 Å². The van der Waals surface area contributed by atoms with E-state index < -0.39 is 11.5 Å². The van der Waals surface area contributed by atoms with Gasteiger partial charge in [0.25, 0.3) is 11.5 Å². The maximum Gasteiger partial charge on any atom is 0.279 e. The van der Waals surface area contributed by atoms with Gasteiger partial charge < -0.3 is 10.2 Å². The zero-order valence-electron chi connectivity index (χ0n) is 14.2. The SMILES string of the molecule is Cc1nn(C)c(=O)c(C(=O)Nc2cccnc2N2CCCC2)c1C. The van der Waals surface area contributed by atoms with Crippen LogP contribution in [0.15, 0.2) is 23.1 Å². The van der Waals surface area contributed by atoms with Crippen molar-refractivity contribution in [3.8, 4) is 0 Å².